The van der Waals surface area contributed by atoms with Crippen molar-refractivity contribution in [3.05, 3.63) is 39.9 Å². The number of halogens is 3. The second kappa shape index (κ2) is 7.38. The Hall–Kier alpha value is -1.08. The van der Waals surface area contributed by atoms with Crippen LogP contribution in [0.2, 0.25) is 0 Å². The first-order valence-electron chi connectivity index (χ1n) is 4.32. The Morgan fingerprint density at radius 2 is 1.67 bits per heavy atom. The fourth-order valence-electron chi connectivity index (χ4n) is 0.726. The molecule has 1 aromatic rings. The largest absolute Gasteiger partial charge is 0.478 e. The van der Waals surface area contributed by atoms with Crippen LogP contribution in [0.15, 0.2) is 24.3 Å². The Bertz CT molecular complexity index is 382. The summed E-state index contributed by atoms with van der Waals surface area (Å²) in [6.45, 7) is -0.433. The number of carboxylic acids is 1. The van der Waals surface area contributed by atoms with Crippen molar-refractivity contribution in [3.63, 3.8) is 0 Å². The van der Waals surface area contributed by atoms with Crippen LogP contribution in [-0.4, -0.2) is 31.5 Å². The van der Waals surface area contributed by atoms with E-state index in [1.54, 1.807) is 0 Å². The number of aliphatic hydroxyl groups is 1. The second-order valence-electron chi connectivity index (χ2n) is 2.88. The van der Waals surface area contributed by atoms with Gasteiger partial charge in [0.1, 0.15) is 0 Å². The maximum absolute atomic E-state index is 10.3. The van der Waals surface area contributed by atoms with E-state index >= 15 is 0 Å². The van der Waals surface area contributed by atoms with Crippen molar-refractivity contribution in [2.45, 2.75) is 3.79 Å². The summed E-state index contributed by atoms with van der Waals surface area (Å²) >= 11 is 15.0. The van der Waals surface area contributed by atoms with E-state index in [2.05, 4.69) is 0 Å². The van der Waals surface area contributed by atoms with Gasteiger partial charge in [0.15, 0.2) is 0 Å². The van der Waals surface area contributed by atoms with E-state index in [0.717, 1.165) is 12.1 Å². The van der Waals surface area contributed by atoms with Crippen molar-refractivity contribution < 1.29 is 19.9 Å². The van der Waals surface area contributed by atoms with Gasteiger partial charge in [-0.3, -0.25) is 10.1 Å². The van der Waals surface area contributed by atoms with Gasteiger partial charge in [-0.25, -0.2) is 4.79 Å². The van der Waals surface area contributed by atoms with Crippen molar-refractivity contribution in [2.75, 3.05) is 6.61 Å². The summed E-state index contributed by atoms with van der Waals surface area (Å²) in [6.07, 6.45) is 0. The zero-order chi connectivity index (χ0) is 14.3. The molecule has 0 aliphatic heterocycles. The lowest BCUT2D eigenvalue weighted by atomic mass is 10.2. The molecule has 0 atom stereocenters. The SMILES string of the molecule is O=C(O)c1ccc([N+](=O)[O-])cc1.OCC(Cl)(Cl)Cl. The van der Waals surface area contributed by atoms with Gasteiger partial charge in [-0.05, 0) is 12.1 Å². The standard InChI is InChI=1S/C7H5NO4.C2H3Cl3O/c9-7(10)5-1-3-6(4-2-5)8(11)12;3-2(4,5)1-6/h1-4H,(H,9,10);6H,1H2. The van der Waals surface area contributed by atoms with E-state index in [1.807, 2.05) is 0 Å². The molecule has 0 radical (unpaired) electrons. The van der Waals surface area contributed by atoms with Crippen LogP contribution in [0.25, 0.3) is 0 Å². The Balaban J connectivity index is 0.000000411. The minimum absolute atomic E-state index is 0.0422. The van der Waals surface area contributed by atoms with E-state index in [-0.39, 0.29) is 11.3 Å². The molecule has 0 fully saturated rings. The van der Waals surface area contributed by atoms with Gasteiger partial charge in [0.05, 0.1) is 17.1 Å². The molecule has 18 heavy (non-hydrogen) atoms. The smallest absolute Gasteiger partial charge is 0.335 e. The molecule has 1 aromatic carbocycles. The van der Waals surface area contributed by atoms with Gasteiger partial charge in [-0.2, -0.15) is 0 Å². The Morgan fingerprint density at radius 3 is 1.89 bits per heavy atom. The third-order valence-electron chi connectivity index (χ3n) is 1.50. The molecule has 1 rings (SSSR count). The number of rotatable bonds is 2. The lowest BCUT2D eigenvalue weighted by molar-refractivity contribution is -0.384. The highest BCUT2D eigenvalue weighted by atomic mass is 35.6. The van der Waals surface area contributed by atoms with Crippen LogP contribution in [0.4, 0.5) is 5.69 Å². The van der Waals surface area contributed by atoms with Gasteiger partial charge in [-0.15, -0.1) is 0 Å². The maximum Gasteiger partial charge on any atom is 0.335 e. The number of nitro benzene ring substituents is 1. The van der Waals surface area contributed by atoms with Crippen LogP contribution >= 0.6 is 34.8 Å². The number of nitro groups is 1. The van der Waals surface area contributed by atoms with Crippen molar-refractivity contribution in [1.82, 2.24) is 0 Å². The molecule has 100 valence electrons. The summed E-state index contributed by atoms with van der Waals surface area (Å²) in [5.41, 5.74) is -0.0689. The van der Waals surface area contributed by atoms with Crippen LogP contribution in [0.3, 0.4) is 0 Å². The topological polar surface area (TPSA) is 101 Å². The summed E-state index contributed by atoms with van der Waals surface area (Å²) in [7, 11) is 0. The molecule has 0 bridgehead atoms. The van der Waals surface area contributed by atoms with Gasteiger partial charge in [-0.1, -0.05) is 34.8 Å². The Kier molecular flexibility index (Phi) is 6.93. The van der Waals surface area contributed by atoms with E-state index in [9.17, 15) is 14.9 Å². The van der Waals surface area contributed by atoms with E-state index in [0.29, 0.717) is 0 Å². The van der Waals surface area contributed by atoms with Crippen molar-refractivity contribution >= 4 is 46.5 Å². The van der Waals surface area contributed by atoms with E-state index < -0.39 is 21.3 Å². The summed E-state index contributed by atoms with van der Waals surface area (Å²) < 4.78 is -1.49. The molecule has 0 aliphatic rings. The average Bonchev–Trinajstić information content (AvgIpc) is 2.29. The van der Waals surface area contributed by atoms with Gasteiger partial charge in [0, 0.05) is 12.1 Å². The fraction of sp³-hybridized carbons (Fsp3) is 0.222. The molecular formula is C9H8Cl3NO5. The minimum Gasteiger partial charge on any atom is -0.478 e. The number of alkyl halides is 3. The number of carbonyl (C=O) groups is 1. The number of carboxylic acid groups (broad SMARTS) is 1. The molecule has 0 unspecified atom stereocenters. The lowest BCUT2D eigenvalue weighted by Gasteiger charge is -2.01. The lowest BCUT2D eigenvalue weighted by Crippen LogP contribution is -2.06. The molecule has 0 spiro atoms. The monoisotopic (exact) mass is 315 g/mol. The number of hydrogen-bond acceptors (Lipinski definition) is 4. The summed E-state index contributed by atoms with van der Waals surface area (Å²) in [6, 6.07) is 4.70. The predicted molar refractivity (Wildman–Crippen MR) is 67.4 cm³/mol. The van der Waals surface area contributed by atoms with Crippen molar-refractivity contribution in [1.29, 1.82) is 0 Å². The number of aromatic carboxylic acids is 1. The van der Waals surface area contributed by atoms with Gasteiger partial charge in [0.25, 0.3) is 5.69 Å². The highest BCUT2D eigenvalue weighted by Crippen LogP contribution is 2.23. The molecule has 2 N–H and O–H groups in total. The van der Waals surface area contributed by atoms with Gasteiger partial charge >= 0.3 is 5.97 Å². The fourth-order valence-corrected chi connectivity index (χ4v) is 0.726. The zero-order valence-corrected chi connectivity index (χ0v) is 11.0. The van der Waals surface area contributed by atoms with E-state index in [4.69, 9.17) is 45.0 Å². The molecule has 0 heterocycles. The molecule has 6 nitrogen and oxygen atoms in total. The van der Waals surface area contributed by atoms with Gasteiger partial charge in [0.2, 0.25) is 3.79 Å². The first-order chi connectivity index (χ1) is 8.17. The van der Waals surface area contributed by atoms with Crippen molar-refractivity contribution in [2.24, 2.45) is 0 Å². The average molecular weight is 317 g/mol. The molecule has 0 amide bonds. The predicted octanol–water partition coefficient (Wildman–Crippen LogP) is 2.64. The zero-order valence-electron chi connectivity index (χ0n) is 8.72. The van der Waals surface area contributed by atoms with Crippen LogP contribution in [0, 0.1) is 10.1 Å². The Labute approximate surface area is 117 Å². The van der Waals surface area contributed by atoms with Crippen LogP contribution < -0.4 is 0 Å². The maximum atomic E-state index is 10.3. The molecule has 0 saturated carbocycles. The molecule has 0 aliphatic carbocycles. The van der Waals surface area contributed by atoms with Crippen LogP contribution in [0.5, 0.6) is 0 Å². The number of nitrogens with zero attached hydrogens (tertiary/aromatic N) is 1. The summed E-state index contributed by atoms with van der Waals surface area (Å²) in [5, 5.41) is 26.6. The number of benzene rings is 1. The number of aliphatic hydroxyl groups excluding tert-OH is 1. The highest BCUT2D eigenvalue weighted by molar-refractivity contribution is 6.67. The first-order valence-corrected chi connectivity index (χ1v) is 5.46. The third kappa shape index (κ3) is 7.29. The van der Waals surface area contributed by atoms with Gasteiger partial charge < -0.3 is 10.2 Å². The quantitative estimate of drug-likeness (QED) is 0.496. The van der Waals surface area contributed by atoms with Crippen LogP contribution in [0.1, 0.15) is 10.4 Å². The Morgan fingerprint density at radius 1 is 1.28 bits per heavy atom. The molecular weight excluding hydrogens is 308 g/mol. The molecule has 9 heteroatoms. The van der Waals surface area contributed by atoms with Crippen molar-refractivity contribution in [3.8, 4) is 0 Å². The molecule has 0 saturated heterocycles. The van der Waals surface area contributed by atoms with E-state index in [1.165, 1.54) is 12.1 Å². The number of hydrogen-bond donors (Lipinski definition) is 2. The summed E-state index contributed by atoms with van der Waals surface area (Å²) in [4.78, 5) is 19.9. The second-order valence-corrected chi connectivity index (χ2v) is 5.40. The minimum atomic E-state index is -1.49. The van der Waals surface area contributed by atoms with Crippen LogP contribution in [-0.2, 0) is 0 Å². The summed E-state index contributed by atoms with van der Waals surface area (Å²) in [5.74, 6) is -1.09. The molecule has 0 aromatic heterocycles. The highest BCUT2D eigenvalue weighted by Gasteiger charge is 2.16. The first kappa shape index (κ1) is 16.9. The third-order valence-corrected chi connectivity index (χ3v) is 1.86. The normalized spacial score (nSPS) is 10.2. The number of non-ortho nitro benzene ring substituents is 1.